The maximum Gasteiger partial charge on any atom is 0.310 e. The Morgan fingerprint density at radius 1 is 1.29 bits per heavy atom. The number of hydrogen-bond donors (Lipinski definition) is 1. The fourth-order valence-electron chi connectivity index (χ4n) is 2.79. The van der Waals surface area contributed by atoms with Gasteiger partial charge in [-0.2, -0.15) is 0 Å². The second-order valence-electron chi connectivity index (χ2n) is 4.70. The number of benzene rings is 1. The number of aryl methyl sites for hydroxylation is 2. The van der Waals surface area contributed by atoms with E-state index in [0.717, 1.165) is 6.54 Å². The lowest BCUT2D eigenvalue weighted by Gasteiger charge is -2.20. The molecule has 1 fully saturated rings. The van der Waals surface area contributed by atoms with Crippen LogP contribution in [-0.4, -0.2) is 26.2 Å². The third kappa shape index (κ3) is 2.20. The first kappa shape index (κ1) is 12.1. The summed E-state index contributed by atoms with van der Waals surface area (Å²) < 4.78 is 4.89. The third-order valence-electron chi connectivity index (χ3n) is 3.63. The second kappa shape index (κ2) is 4.88. The van der Waals surface area contributed by atoms with Gasteiger partial charge in [-0.25, -0.2) is 0 Å². The zero-order chi connectivity index (χ0) is 12.4. The molecule has 2 atom stereocenters. The Morgan fingerprint density at radius 3 is 2.53 bits per heavy atom. The molecule has 1 aliphatic heterocycles. The van der Waals surface area contributed by atoms with Crippen molar-refractivity contribution in [3.8, 4) is 0 Å². The predicted molar refractivity (Wildman–Crippen MR) is 67.0 cm³/mol. The first-order valence-corrected chi connectivity index (χ1v) is 5.99. The molecule has 0 aliphatic carbocycles. The summed E-state index contributed by atoms with van der Waals surface area (Å²) in [6.45, 7) is 5.78. The molecule has 2 rings (SSSR count). The molecule has 0 aromatic heterocycles. The van der Waals surface area contributed by atoms with E-state index in [0.29, 0.717) is 6.54 Å². The summed E-state index contributed by atoms with van der Waals surface area (Å²) in [7, 11) is 1.46. The molecule has 1 heterocycles. The van der Waals surface area contributed by atoms with Crippen molar-refractivity contribution in [3.63, 3.8) is 0 Å². The standard InChI is InChI=1S/C14H19NO2/c1-9-5-4-6-10(2)13(9)11-7-15-8-12(11)14(16)17-3/h4-6,11-12,15H,7-8H2,1-3H3/t11-,12-/m1/s1. The Hall–Kier alpha value is -1.35. The number of nitrogens with one attached hydrogen (secondary N) is 1. The molecule has 0 saturated carbocycles. The van der Waals surface area contributed by atoms with Gasteiger partial charge in [-0.1, -0.05) is 18.2 Å². The van der Waals surface area contributed by atoms with Crippen LogP contribution in [0.5, 0.6) is 0 Å². The van der Waals surface area contributed by atoms with Crippen LogP contribution in [0.3, 0.4) is 0 Å². The third-order valence-corrected chi connectivity index (χ3v) is 3.63. The molecule has 3 heteroatoms. The average Bonchev–Trinajstić information content (AvgIpc) is 2.77. The SMILES string of the molecule is COC(=O)[C@@H]1CNC[C@H]1c1c(C)cccc1C. The lowest BCUT2D eigenvalue weighted by atomic mass is 9.84. The highest BCUT2D eigenvalue weighted by Crippen LogP contribution is 2.33. The molecule has 0 radical (unpaired) electrons. The summed E-state index contributed by atoms with van der Waals surface area (Å²) in [5, 5.41) is 3.29. The maximum atomic E-state index is 11.8. The largest absolute Gasteiger partial charge is 0.469 e. The molecule has 1 saturated heterocycles. The summed E-state index contributed by atoms with van der Waals surface area (Å²) in [5.41, 5.74) is 3.81. The van der Waals surface area contributed by atoms with E-state index < -0.39 is 0 Å². The molecule has 1 aromatic rings. The van der Waals surface area contributed by atoms with Gasteiger partial charge in [-0.3, -0.25) is 4.79 Å². The summed E-state index contributed by atoms with van der Waals surface area (Å²) in [6, 6.07) is 6.27. The molecule has 1 N–H and O–H groups in total. The van der Waals surface area contributed by atoms with Crippen molar-refractivity contribution in [3.05, 3.63) is 34.9 Å². The number of carbonyl (C=O) groups excluding carboxylic acids is 1. The molecule has 1 aromatic carbocycles. The highest BCUT2D eigenvalue weighted by Gasteiger charge is 2.36. The monoisotopic (exact) mass is 233 g/mol. The summed E-state index contributed by atoms with van der Waals surface area (Å²) >= 11 is 0. The highest BCUT2D eigenvalue weighted by atomic mass is 16.5. The smallest absolute Gasteiger partial charge is 0.310 e. The van der Waals surface area contributed by atoms with Crippen molar-refractivity contribution in [1.29, 1.82) is 0 Å². The molecule has 1 aliphatic rings. The average molecular weight is 233 g/mol. The fraction of sp³-hybridized carbons (Fsp3) is 0.500. The zero-order valence-electron chi connectivity index (χ0n) is 10.6. The fourth-order valence-corrected chi connectivity index (χ4v) is 2.79. The lowest BCUT2D eigenvalue weighted by Crippen LogP contribution is -2.23. The van der Waals surface area contributed by atoms with Crippen LogP contribution in [0.1, 0.15) is 22.6 Å². The van der Waals surface area contributed by atoms with Gasteiger partial charge < -0.3 is 10.1 Å². The summed E-state index contributed by atoms with van der Waals surface area (Å²) in [5.74, 6) is 0.0751. The number of esters is 1. The van der Waals surface area contributed by atoms with Gasteiger partial charge in [0.05, 0.1) is 13.0 Å². The highest BCUT2D eigenvalue weighted by molar-refractivity contribution is 5.74. The topological polar surface area (TPSA) is 38.3 Å². The van der Waals surface area contributed by atoms with Gasteiger partial charge >= 0.3 is 5.97 Å². The lowest BCUT2D eigenvalue weighted by molar-refractivity contribution is -0.145. The molecule has 3 nitrogen and oxygen atoms in total. The molecular formula is C14H19NO2. The van der Waals surface area contributed by atoms with Crippen molar-refractivity contribution in [2.24, 2.45) is 5.92 Å². The van der Waals surface area contributed by atoms with E-state index in [-0.39, 0.29) is 17.8 Å². The Kier molecular flexibility index (Phi) is 3.48. The van der Waals surface area contributed by atoms with E-state index in [9.17, 15) is 4.79 Å². The molecule has 92 valence electrons. The van der Waals surface area contributed by atoms with E-state index in [2.05, 4.69) is 37.4 Å². The molecular weight excluding hydrogens is 214 g/mol. The van der Waals surface area contributed by atoms with Gasteiger partial charge in [-0.15, -0.1) is 0 Å². The minimum Gasteiger partial charge on any atom is -0.469 e. The Bertz CT molecular complexity index is 408. The Labute approximate surface area is 102 Å². The summed E-state index contributed by atoms with van der Waals surface area (Å²) in [6.07, 6.45) is 0. The minimum absolute atomic E-state index is 0.0557. The number of hydrogen-bond acceptors (Lipinski definition) is 3. The van der Waals surface area contributed by atoms with Gasteiger partial charge in [0.15, 0.2) is 0 Å². The van der Waals surface area contributed by atoms with Gasteiger partial charge in [0.2, 0.25) is 0 Å². The van der Waals surface area contributed by atoms with Crippen LogP contribution >= 0.6 is 0 Å². The van der Waals surface area contributed by atoms with Crippen LogP contribution in [0.2, 0.25) is 0 Å². The number of ether oxygens (including phenoxy) is 1. The van der Waals surface area contributed by atoms with Crippen molar-refractivity contribution in [2.75, 3.05) is 20.2 Å². The summed E-state index contributed by atoms with van der Waals surface area (Å²) in [4.78, 5) is 11.8. The van der Waals surface area contributed by atoms with E-state index in [4.69, 9.17) is 4.74 Å². The minimum atomic E-state index is -0.109. The second-order valence-corrected chi connectivity index (χ2v) is 4.70. The number of methoxy groups -OCH3 is 1. The van der Waals surface area contributed by atoms with Crippen LogP contribution in [0, 0.1) is 19.8 Å². The van der Waals surface area contributed by atoms with E-state index in [1.165, 1.54) is 23.8 Å². The molecule has 0 unspecified atom stereocenters. The van der Waals surface area contributed by atoms with Crippen molar-refractivity contribution in [1.82, 2.24) is 5.32 Å². The quantitative estimate of drug-likeness (QED) is 0.791. The molecule has 0 spiro atoms. The Morgan fingerprint density at radius 2 is 1.94 bits per heavy atom. The van der Waals surface area contributed by atoms with Crippen LogP contribution in [0.4, 0.5) is 0 Å². The molecule has 17 heavy (non-hydrogen) atoms. The normalized spacial score (nSPS) is 23.7. The molecule has 0 bridgehead atoms. The number of carbonyl (C=O) groups is 1. The zero-order valence-corrected chi connectivity index (χ0v) is 10.6. The van der Waals surface area contributed by atoms with E-state index in [1.807, 2.05) is 0 Å². The van der Waals surface area contributed by atoms with Crippen LogP contribution in [0.25, 0.3) is 0 Å². The van der Waals surface area contributed by atoms with E-state index >= 15 is 0 Å². The van der Waals surface area contributed by atoms with Crippen molar-refractivity contribution >= 4 is 5.97 Å². The van der Waals surface area contributed by atoms with Crippen LogP contribution in [0.15, 0.2) is 18.2 Å². The Balaban J connectivity index is 2.36. The predicted octanol–water partition coefficient (Wildman–Crippen LogP) is 1.78. The van der Waals surface area contributed by atoms with Gasteiger partial charge in [0.1, 0.15) is 0 Å². The van der Waals surface area contributed by atoms with Crippen LogP contribution < -0.4 is 5.32 Å². The van der Waals surface area contributed by atoms with E-state index in [1.54, 1.807) is 0 Å². The van der Waals surface area contributed by atoms with Gasteiger partial charge in [-0.05, 0) is 30.5 Å². The first-order chi connectivity index (χ1) is 8.15. The number of rotatable bonds is 2. The maximum absolute atomic E-state index is 11.8. The molecule has 0 amide bonds. The van der Waals surface area contributed by atoms with Gasteiger partial charge in [0.25, 0.3) is 0 Å². The van der Waals surface area contributed by atoms with Crippen molar-refractivity contribution < 1.29 is 9.53 Å². The van der Waals surface area contributed by atoms with Crippen molar-refractivity contribution in [2.45, 2.75) is 19.8 Å². The van der Waals surface area contributed by atoms with Crippen LogP contribution in [-0.2, 0) is 9.53 Å². The van der Waals surface area contributed by atoms with Gasteiger partial charge in [0, 0.05) is 19.0 Å². The first-order valence-electron chi connectivity index (χ1n) is 5.99.